The number of urea groups is 1. The summed E-state index contributed by atoms with van der Waals surface area (Å²) in [7, 11) is -3.74. The van der Waals surface area contributed by atoms with Crippen LogP contribution in [0, 0.1) is 11.8 Å². The number of likely N-dealkylation sites (tertiary alicyclic amines) is 1. The SMILES string of the molecule is CC(C)NS(=O)(=O)NCCNC(=O)N1C[C@@H](C(F)(F)F)[C@H](C(=O)O)C1. The molecule has 0 aliphatic carbocycles. The fraction of sp³-hybridized carbons (Fsp3) is 0.833. The maximum atomic E-state index is 12.8. The molecule has 1 saturated heterocycles. The Morgan fingerprint density at radius 1 is 1.24 bits per heavy atom. The summed E-state index contributed by atoms with van der Waals surface area (Å²) in [6, 6.07) is -1.21. The van der Waals surface area contributed by atoms with Gasteiger partial charge in [0.2, 0.25) is 0 Å². The van der Waals surface area contributed by atoms with E-state index in [9.17, 15) is 31.2 Å². The summed E-state index contributed by atoms with van der Waals surface area (Å²) >= 11 is 0. The number of carbonyl (C=O) groups is 2. The van der Waals surface area contributed by atoms with Gasteiger partial charge in [0, 0.05) is 32.2 Å². The normalized spacial score (nSPS) is 21.6. The smallest absolute Gasteiger partial charge is 0.394 e. The van der Waals surface area contributed by atoms with Crippen LogP contribution in [0.3, 0.4) is 0 Å². The largest absolute Gasteiger partial charge is 0.481 e. The molecule has 1 rings (SSSR count). The zero-order chi connectivity index (χ0) is 19.4. The zero-order valence-electron chi connectivity index (χ0n) is 13.6. The van der Waals surface area contributed by atoms with Crippen molar-refractivity contribution in [1.29, 1.82) is 0 Å². The Morgan fingerprint density at radius 2 is 1.84 bits per heavy atom. The minimum absolute atomic E-state index is 0.164. The first-order chi connectivity index (χ1) is 11.3. The third kappa shape index (κ3) is 6.66. The Hall–Kier alpha value is -1.60. The molecule has 0 spiro atoms. The van der Waals surface area contributed by atoms with Gasteiger partial charge in [-0.15, -0.1) is 0 Å². The molecule has 146 valence electrons. The van der Waals surface area contributed by atoms with Gasteiger partial charge in [0.1, 0.15) is 0 Å². The first-order valence-corrected chi connectivity index (χ1v) is 8.91. The van der Waals surface area contributed by atoms with E-state index in [0.29, 0.717) is 0 Å². The lowest BCUT2D eigenvalue weighted by Gasteiger charge is -2.19. The summed E-state index contributed by atoms with van der Waals surface area (Å²) in [6.45, 7) is 1.57. The molecular weight excluding hydrogens is 369 g/mol. The van der Waals surface area contributed by atoms with Crippen molar-refractivity contribution in [3.63, 3.8) is 0 Å². The van der Waals surface area contributed by atoms with Crippen LogP contribution in [-0.4, -0.2) is 68.8 Å². The first kappa shape index (κ1) is 21.4. The van der Waals surface area contributed by atoms with Gasteiger partial charge in [0.15, 0.2) is 0 Å². The van der Waals surface area contributed by atoms with Crippen LogP contribution in [0.2, 0.25) is 0 Å². The Balaban J connectivity index is 2.50. The number of rotatable bonds is 7. The maximum Gasteiger partial charge on any atom is 0.394 e. The monoisotopic (exact) mass is 390 g/mol. The Kier molecular flexibility index (Phi) is 7.02. The van der Waals surface area contributed by atoms with E-state index in [1.165, 1.54) is 0 Å². The molecule has 0 saturated carbocycles. The van der Waals surface area contributed by atoms with Crippen LogP contribution in [0.5, 0.6) is 0 Å². The van der Waals surface area contributed by atoms with Crippen LogP contribution in [0.4, 0.5) is 18.0 Å². The molecule has 1 heterocycles. The van der Waals surface area contributed by atoms with Crippen molar-refractivity contribution in [2.24, 2.45) is 11.8 Å². The number of alkyl halides is 3. The molecule has 0 unspecified atom stereocenters. The van der Waals surface area contributed by atoms with Crippen LogP contribution in [0.25, 0.3) is 0 Å². The van der Waals surface area contributed by atoms with Crippen LogP contribution in [0.1, 0.15) is 13.8 Å². The molecule has 0 radical (unpaired) electrons. The van der Waals surface area contributed by atoms with Gasteiger partial charge in [-0.25, -0.2) is 9.52 Å². The highest BCUT2D eigenvalue weighted by molar-refractivity contribution is 7.87. The molecule has 2 amide bonds. The fourth-order valence-electron chi connectivity index (χ4n) is 2.37. The van der Waals surface area contributed by atoms with E-state index in [2.05, 4.69) is 14.8 Å². The van der Waals surface area contributed by atoms with Gasteiger partial charge in [0.05, 0.1) is 11.8 Å². The van der Waals surface area contributed by atoms with E-state index >= 15 is 0 Å². The van der Waals surface area contributed by atoms with E-state index < -0.39 is 53.3 Å². The standard InChI is InChI=1S/C12H21F3N4O5S/c1-7(2)18-25(23,24)17-4-3-16-11(22)19-5-8(10(20)21)9(6-19)12(13,14)15/h7-9,17-18H,3-6H2,1-2H3,(H,16,22)(H,20,21)/t8-,9-/m1/s1. The minimum Gasteiger partial charge on any atom is -0.481 e. The van der Waals surface area contributed by atoms with Crippen molar-refractivity contribution in [3.05, 3.63) is 0 Å². The van der Waals surface area contributed by atoms with Crippen molar-refractivity contribution in [2.45, 2.75) is 26.1 Å². The molecule has 1 aliphatic heterocycles. The minimum atomic E-state index is -4.73. The number of nitrogens with one attached hydrogen (secondary N) is 3. The third-order valence-corrected chi connectivity index (χ3v) is 4.79. The highest BCUT2D eigenvalue weighted by Gasteiger charge is 2.53. The van der Waals surface area contributed by atoms with Crippen molar-refractivity contribution in [1.82, 2.24) is 19.7 Å². The molecule has 13 heteroatoms. The molecule has 0 aromatic carbocycles. The van der Waals surface area contributed by atoms with E-state index in [1.807, 2.05) is 0 Å². The number of carbonyl (C=O) groups excluding carboxylic acids is 1. The lowest BCUT2D eigenvalue weighted by atomic mass is 9.96. The van der Waals surface area contributed by atoms with Gasteiger partial charge in [-0.1, -0.05) is 0 Å². The molecule has 1 fully saturated rings. The summed E-state index contributed by atoms with van der Waals surface area (Å²) < 4.78 is 65.9. The Bertz CT molecular complexity index is 596. The van der Waals surface area contributed by atoms with Gasteiger partial charge in [-0.3, -0.25) is 4.79 Å². The zero-order valence-corrected chi connectivity index (χ0v) is 14.4. The second kappa shape index (κ2) is 8.19. The number of halogens is 3. The molecule has 9 nitrogen and oxygen atoms in total. The number of hydrogen-bond acceptors (Lipinski definition) is 4. The van der Waals surface area contributed by atoms with Gasteiger partial charge in [-0.05, 0) is 13.8 Å². The number of nitrogens with zero attached hydrogens (tertiary/aromatic N) is 1. The quantitative estimate of drug-likeness (QED) is 0.445. The van der Waals surface area contributed by atoms with Crippen LogP contribution < -0.4 is 14.8 Å². The fourth-order valence-corrected chi connectivity index (χ4v) is 3.44. The average Bonchev–Trinajstić information content (AvgIpc) is 2.87. The lowest BCUT2D eigenvalue weighted by molar-refractivity contribution is -0.187. The molecule has 2 atom stereocenters. The number of aliphatic carboxylic acids is 1. The molecule has 0 bridgehead atoms. The summed E-state index contributed by atoms with van der Waals surface area (Å²) in [5, 5.41) is 11.1. The number of carboxylic acid groups (broad SMARTS) is 1. The molecule has 0 aromatic heterocycles. The summed E-state index contributed by atoms with van der Waals surface area (Å²) in [5.74, 6) is -5.48. The highest BCUT2D eigenvalue weighted by atomic mass is 32.2. The Morgan fingerprint density at radius 3 is 2.28 bits per heavy atom. The third-order valence-electron chi connectivity index (χ3n) is 3.43. The van der Waals surface area contributed by atoms with Crippen LogP contribution >= 0.6 is 0 Å². The van der Waals surface area contributed by atoms with Crippen molar-refractivity contribution in [3.8, 4) is 0 Å². The van der Waals surface area contributed by atoms with E-state index in [-0.39, 0.29) is 19.1 Å². The van der Waals surface area contributed by atoms with Gasteiger partial charge < -0.3 is 15.3 Å². The summed E-state index contributed by atoms with van der Waals surface area (Å²) in [6.07, 6.45) is -4.73. The Labute approximate surface area is 143 Å². The average molecular weight is 390 g/mol. The topological polar surface area (TPSA) is 128 Å². The second-order valence-electron chi connectivity index (χ2n) is 5.90. The number of hydrogen-bond donors (Lipinski definition) is 4. The maximum absolute atomic E-state index is 12.8. The van der Waals surface area contributed by atoms with E-state index in [1.54, 1.807) is 13.8 Å². The predicted octanol–water partition coefficient (Wildman–Crippen LogP) is -0.277. The summed E-state index contributed by atoms with van der Waals surface area (Å²) in [5.41, 5.74) is 0. The number of carboxylic acids is 1. The second-order valence-corrected chi connectivity index (χ2v) is 7.43. The molecular formula is C12H21F3N4O5S. The van der Waals surface area contributed by atoms with E-state index in [0.717, 1.165) is 4.90 Å². The molecule has 4 N–H and O–H groups in total. The molecule has 25 heavy (non-hydrogen) atoms. The van der Waals surface area contributed by atoms with Crippen molar-refractivity contribution < 1.29 is 36.3 Å². The lowest BCUT2D eigenvalue weighted by Crippen LogP contribution is -2.45. The van der Waals surface area contributed by atoms with E-state index in [4.69, 9.17) is 5.11 Å². The van der Waals surface area contributed by atoms with Crippen molar-refractivity contribution in [2.75, 3.05) is 26.2 Å². The molecule has 0 aromatic rings. The van der Waals surface area contributed by atoms with Gasteiger partial charge in [0.25, 0.3) is 10.2 Å². The number of amides is 2. The van der Waals surface area contributed by atoms with Crippen LogP contribution in [-0.2, 0) is 15.0 Å². The van der Waals surface area contributed by atoms with Gasteiger partial charge in [-0.2, -0.15) is 26.3 Å². The summed E-state index contributed by atoms with van der Waals surface area (Å²) in [4.78, 5) is 23.6. The van der Waals surface area contributed by atoms with Crippen molar-refractivity contribution >= 4 is 22.2 Å². The molecule has 1 aliphatic rings. The first-order valence-electron chi connectivity index (χ1n) is 7.42. The highest BCUT2D eigenvalue weighted by Crippen LogP contribution is 2.37. The van der Waals surface area contributed by atoms with Gasteiger partial charge >= 0.3 is 18.2 Å². The van der Waals surface area contributed by atoms with Crippen LogP contribution in [0.15, 0.2) is 0 Å². The predicted molar refractivity (Wildman–Crippen MR) is 80.8 cm³/mol.